The number of para-hydroxylation sites is 2. The summed E-state index contributed by atoms with van der Waals surface area (Å²) in [5.74, 6) is 1.95. The van der Waals surface area contributed by atoms with Crippen molar-refractivity contribution in [1.82, 2.24) is 14.5 Å². The number of likely N-dealkylation sites (tertiary alicyclic amines) is 1. The summed E-state index contributed by atoms with van der Waals surface area (Å²) < 4.78 is 2.46. The average molecular weight is 285 g/mol. The van der Waals surface area contributed by atoms with E-state index in [1.54, 1.807) is 0 Å². The van der Waals surface area contributed by atoms with E-state index in [9.17, 15) is 0 Å². The molecular weight excluding hydrogens is 258 g/mol. The van der Waals surface area contributed by atoms with Gasteiger partial charge in [-0.05, 0) is 44.0 Å². The topological polar surface area (TPSA) is 21.1 Å². The number of fused-ring (bicyclic) bond motifs is 1. The number of rotatable bonds is 5. The molecule has 0 radical (unpaired) electrons. The van der Waals surface area contributed by atoms with Gasteiger partial charge in [0.15, 0.2) is 0 Å². The fourth-order valence-corrected chi connectivity index (χ4v) is 3.21. The summed E-state index contributed by atoms with van der Waals surface area (Å²) >= 11 is 0. The summed E-state index contributed by atoms with van der Waals surface area (Å²) in [5.41, 5.74) is 2.44. The van der Waals surface area contributed by atoms with Crippen molar-refractivity contribution in [3.8, 4) is 0 Å². The molecule has 0 spiro atoms. The third-order valence-corrected chi connectivity index (χ3v) is 4.74. The van der Waals surface area contributed by atoms with Crippen LogP contribution in [0.4, 0.5) is 0 Å². The van der Waals surface area contributed by atoms with Crippen LogP contribution < -0.4 is 0 Å². The lowest BCUT2D eigenvalue weighted by atomic mass is 10.1. The predicted octanol–water partition coefficient (Wildman–Crippen LogP) is 4.07. The van der Waals surface area contributed by atoms with Crippen LogP contribution in [0.15, 0.2) is 24.3 Å². The van der Waals surface area contributed by atoms with Crippen molar-refractivity contribution in [2.24, 2.45) is 5.92 Å². The highest BCUT2D eigenvalue weighted by Gasteiger charge is 2.17. The van der Waals surface area contributed by atoms with Crippen LogP contribution in [0.1, 0.15) is 45.4 Å². The largest absolute Gasteiger partial charge is 0.327 e. The maximum absolute atomic E-state index is 4.92. The van der Waals surface area contributed by atoms with Crippen LogP contribution >= 0.6 is 0 Å². The molecule has 2 aromatic rings. The SMILES string of the molecule is CCC(C)Cn1c(CN2CCCCC2)nc2ccccc21. The zero-order valence-electron chi connectivity index (χ0n) is 13.4. The van der Waals surface area contributed by atoms with Crippen molar-refractivity contribution in [1.29, 1.82) is 0 Å². The number of piperidine rings is 1. The van der Waals surface area contributed by atoms with E-state index in [0.29, 0.717) is 5.92 Å². The van der Waals surface area contributed by atoms with Gasteiger partial charge in [0.25, 0.3) is 0 Å². The van der Waals surface area contributed by atoms with Gasteiger partial charge in [0.2, 0.25) is 0 Å². The van der Waals surface area contributed by atoms with Gasteiger partial charge in [-0.15, -0.1) is 0 Å². The Kier molecular flexibility index (Phi) is 4.59. The molecule has 0 saturated carbocycles. The molecular formula is C18H27N3. The molecule has 3 rings (SSSR count). The second kappa shape index (κ2) is 6.61. The molecule has 3 nitrogen and oxygen atoms in total. The number of aromatic nitrogens is 2. The van der Waals surface area contributed by atoms with Gasteiger partial charge in [0.1, 0.15) is 5.82 Å². The van der Waals surface area contributed by atoms with Crippen LogP contribution in [0, 0.1) is 5.92 Å². The minimum absolute atomic E-state index is 0.697. The van der Waals surface area contributed by atoms with Crippen LogP contribution in [-0.2, 0) is 13.1 Å². The van der Waals surface area contributed by atoms with E-state index >= 15 is 0 Å². The quantitative estimate of drug-likeness (QED) is 0.825. The van der Waals surface area contributed by atoms with Crippen molar-refractivity contribution in [3.63, 3.8) is 0 Å². The van der Waals surface area contributed by atoms with E-state index < -0.39 is 0 Å². The summed E-state index contributed by atoms with van der Waals surface area (Å²) in [6, 6.07) is 8.57. The average Bonchev–Trinajstić information content (AvgIpc) is 2.86. The highest BCUT2D eigenvalue weighted by atomic mass is 15.2. The molecule has 1 fully saturated rings. The Labute approximate surface area is 128 Å². The standard InChI is InChI=1S/C18H27N3/c1-3-15(2)13-21-17-10-6-5-9-16(17)19-18(21)14-20-11-7-4-8-12-20/h5-6,9-10,15H,3-4,7-8,11-14H2,1-2H3. The van der Waals surface area contributed by atoms with E-state index in [1.807, 2.05) is 0 Å². The summed E-state index contributed by atoms with van der Waals surface area (Å²) in [5, 5.41) is 0. The van der Waals surface area contributed by atoms with E-state index in [4.69, 9.17) is 4.98 Å². The molecule has 1 aromatic carbocycles. The number of hydrogen-bond donors (Lipinski definition) is 0. The normalized spacial score (nSPS) is 18.2. The van der Waals surface area contributed by atoms with Crippen LogP contribution in [0.5, 0.6) is 0 Å². The van der Waals surface area contributed by atoms with E-state index in [0.717, 1.165) is 18.6 Å². The first-order valence-electron chi connectivity index (χ1n) is 8.44. The number of benzene rings is 1. The van der Waals surface area contributed by atoms with E-state index in [-0.39, 0.29) is 0 Å². The first-order chi connectivity index (χ1) is 10.3. The fourth-order valence-electron chi connectivity index (χ4n) is 3.21. The molecule has 114 valence electrons. The lowest BCUT2D eigenvalue weighted by Crippen LogP contribution is -2.30. The van der Waals surface area contributed by atoms with Gasteiger partial charge in [0.05, 0.1) is 17.6 Å². The second-order valence-corrected chi connectivity index (χ2v) is 6.48. The Hall–Kier alpha value is -1.35. The lowest BCUT2D eigenvalue weighted by molar-refractivity contribution is 0.212. The van der Waals surface area contributed by atoms with Gasteiger partial charge in [-0.2, -0.15) is 0 Å². The Morgan fingerprint density at radius 1 is 1.14 bits per heavy atom. The lowest BCUT2D eigenvalue weighted by Gasteiger charge is -2.26. The molecule has 3 heteroatoms. The van der Waals surface area contributed by atoms with Crippen molar-refractivity contribution in [3.05, 3.63) is 30.1 Å². The summed E-state index contributed by atoms with van der Waals surface area (Å²) in [6.45, 7) is 9.15. The van der Waals surface area contributed by atoms with Gasteiger partial charge in [0, 0.05) is 6.54 Å². The zero-order chi connectivity index (χ0) is 14.7. The first kappa shape index (κ1) is 14.6. The van der Waals surface area contributed by atoms with Gasteiger partial charge in [-0.3, -0.25) is 4.90 Å². The minimum atomic E-state index is 0.697. The zero-order valence-corrected chi connectivity index (χ0v) is 13.4. The number of imidazole rings is 1. The van der Waals surface area contributed by atoms with Crippen molar-refractivity contribution < 1.29 is 0 Å². The Balaban J connectivity index is 1.89. The molecule has 2 heterocycles. The molecule has 0 bridgehead atoms. The Morgan fingerprint density at radius 2 is 1.90 bits per heavy atom. The van der Waals surface area contributed by atoms with Crippen LogP contribution in [0.3, 0.4) is 0 Å². The maximum Gasteiger partial charge on any atom is 0.124 e. The van der Waals surface area contributed by atoms with Gasteiger partial charge >= 0.3 is 0 Å². The number of hydrogen-bond acceptors (Lipinski definition) is 2. The molecule has 0 aliphatic carbocycles. The Morgan fingerprint density at radius 3 is 2.67 bits per heavy atom. The van der Waals surface area contributed by atoms with Crippen LogP contribution in [-0.4, -0.2) is 27.5 Å². The summed E-state index contributed by atoms with van der Waals surface area (Å²) in [4.78, 5) is 7.48. The smallest absolute Gasteiger partial charge is 0.124 e. The molecule has 21 heavy (non-hydrogen) atoms. The van der Waals surface area contributed by atoms with Crippen LogP contribution in [0.2, 0.25) is 0 Å². The summed E-state index contributed by atoms with van der Waals surface area (Å²) in [7, 11) is 0. The summed E-state index contributed by atoms with van der Waals surface area (Å²) in [6.07, 6.45) is 5.28. The predicted molar refractivity (Wildman–Crippen MR) is 88.3 cm³/mol. The molecule has 1 aromatic heterocycles. The molecule has 1 saturated heterocycles. The molecule has 0 N–H and O–H groups in total. The highest BCUT2D eigenvalue weighted by Crippen LogP contribution is 2.21. The molecule has 1 atom stereocenters. The Bertz CT molecular complexity index is 581. The third kappa shape index (κ3) is 3.29. The van der Waals surface area contributed by atoms with E-state index in [2.05, 4.69) is 47.6 Å². The molecule has 1 aliphatic rings. The van der Waals surface area contributed by atoms with Gasteiger partial charge < -0.3 is 4.57 Å². The van der Waals surface area contributed by atoms with Crippen molar-refractivity contribution in [2.45, 2.75) is 52.6 Å². The highest BCUT2D eigenvalue weighted by molar-refractivity contribution is 5.75. The van der Waals surface area contributed by atoms with Gasteiger partial charge in [-0.1, -0.05) is 38.8 Å². The minimum Gasteiger partial charge on any atom is -0.327 e. The third-order valence-electron chi connectivity index (χ3n) is 4.74. The van der Waals surface area contributed by atoms with Gasteiger partial charge in [-0.25, -0.2) is 4.98 Å². The maximum atomic E-state index is 4.92. The number of nitrogens with zero attached hydrogens (tertiary/aromatic N) is 3. The van der Waals surface area contributed by atoms with Crippen LogP contribution in [0.25, 0.3) is 11.0 Å². The van der Waals surface area contributed by atoms with E-state index in [1.165, 1.54) is 50.1 Å². The fraction of sp³-hybridized carbons (Fsp3) is 0.611. The molecule has 0 amide bonds. The molecule has 1 aliphatic heterocycles. The van der Waals surface area contributed by atoms with Crippen molar-refractivity contribution >= 4 is 11.0 Å². The molecule has 1 unspecified atom stereocenters. The van der Waals surface area contributed by atoms with Crippen molar-refractivity contribution in [2.75, 3.05) is 13.1 Å². The second-order valence-electron chi connectivity index (χ2n) is 6.48. The first-order valence-corrected chi connectivity index (χ1v) is 8.44. The monoisotopic (exact) mass is 285 g/mol.